The lowest BCUT2D eigenvalue weighted by Gasteiger charge is -2.24. The number of rotatable bonds is 5. The fourth-order valence-electron chi connectivity index (χ4n) is 3.25. The van der Waals surface area contributed by atoms with Crippen molar-refractivity contribution in [3.63, 3.8) is 0 Å². The van der Waals surface area contributed by atoms with Gasteiger partial charge in [-0.3, -0.25) is 0 Å². The van der Waals surface area contributed by atoms with Gasteiger partial charge >= 0.3 is 18.2 Å². The Morgan fingerprint density at radius 2 is 1.91 bits per heavy atom. The molecule has 2 N–H and O–H groups in total. The fraction of sp³-hybridized carbons (Fsp3) is 0.286. The highest BCUT2D eigenvalue weighted by Gasteiger charge is 2.42. The van der Waals surface area contributed by atoms with Gasteiger partial charge in [0.2, 0.25) is 0 Å². The van der Waals surface area contributed by atoms with Crippen LogP contribution < -0.4 is 14.8 Å². The number of carbonyl (C=O) groups is 1. The second kappa shape index (κ2) is 9.47. The standard InChI is InChI=1S/C21H16ClF4N3O5/c22-13-7-10(1-2-14(13)23)27-18-17-15(28-20(29-18)34-19(31)21(24,25)26)8-11(30)9-16(17)33-12-3-5-32-6-4-12/h1-2,7-9,12,30H,3-6H2,(H,27,28,29). The molecule has 1 fully saturated rings. The van der Waals surface area contributed by atoms with E-state index in [1.54, 1.807) is 0 Å². The summed E-state index contributed by atoms with van der Waals surface area (Å²) in [7, 11) is 0. The Morgan fingerprint density at radius 3 is 2.59 bits per heavy atom. The van der Waals surface area contributed by atoms with Crippen molar-refractivity contribution >= 4 is 40.0 Å². The Hall–Kier alpha value is -3.38. The van der Waals surface area contributed by atoms with Crippen LogP contribution in [0.25, 0.3) is 10.9 Å². The van der Waals surface area contributed by atoms with Crippen molar-refractivity contribution in [2.24, 2.45) is 0 Å². The Morgan fingerprint density at radius 1 is 1.18 bits per heavy atom. The van der Waals surface area contributed by atoms with Crippen molar-refractivity contribution in [2.75, 3.05) is 18.5 Å². The predicted octanol–water partition coefficient (Wildman–Crippen LogP) is 4.90. The van der Waals surface area contributed by atoms with Crippen LogP contribution in [-0.2, 0) is 9.53 Å². The lowest BCUT2D eigenvalue weighted by Crippen LogP contribution is -2.28. The van der Waals surface area contributed by atoms with E-state index in [0.29, 0.717) is 26.1 Å². The summed E-state index contributed by atoms with van der Waals surface area (Å²) in [5.41, 5.74) is 0.155. The summed E-state index contributed by atoms with van der Waals surface area (Å²) in [6.07, 6.45) is -4.42. The normalized spacial score (nSPS) is 14.7. The molecule has 3 aromatic rings. The first kappa shape index (κ1) is 23.8. The van der Waals surface area contributed by atoms with E-state index < -0.39 is 24.0 Å². The molecule has 2 heterocycles. The number of carbonyl (C=O) groups excluding carboxylic acids is 1. The van der Waals surface area contributed by atoms with Crippen LogP contribution in [0.1, 0.15) is 12.8 Å². The third-order valence-electron chi connectivity index (χ3n) is 4.79. The number of phenols is 1. The Kier molecular flexibility index (Phi) is 6.62. The molecule has 0 aliphatic carbocycles. The van der Waals surface area contributed by atoms with E-state index in [2.05, 4.69) is 20.0 Å². The van der Waals surface area contributed by atoms with E-state index in [1.807, 2.05) is 0 Å². The number of fused-ring (bicyclic) bond motifs is 1. The van der Waals surface area contributed by atoms with Gasteiger partial charge in [-0.2, -0.15) is 23.1 Å². The Labute approximate surface area is 194 Å². The van der Waals surface area contributed by atoms with Gasteiger partial charge in [0, 0.05) is 30.7 Å². The van der Waals surface area contributed by atoms with Gasteiger partial charge in [0.05, 0.1) is 29.1 Å². The number of esters is 1. The number of nitrogens with one attached hydrogen (secondary N) is 1. The van der Waals surface area contributed by atoms with Crippen molar-refractivity contribution < 1.29 is 41.7 Å². The van der Waals surface area contributed by atoms with Crippen LogP contribution in [0.15, 0.2) is 30.3 Å². The maximum atomic E-state index is 13.6. The van der Waals surface area contributed by atoms with Crippen LogP contribution in [0.5, 0.6) is 17.5 Å². The number of aromatic hydroxyl groups is 1. The molecule has 0 saturated carbocycles. The third-order valence-corrected chi connectivity index (χ3v) is 5.08. The SMILES string of the molecule is O=C(Oc1nc(Nc2ccc(F)c(Cl)c2)c2c(OC3CCOCC3)cc(O)cc2n1)C(F)(F)F. The molecule has 180 valence electrons. The van der Waals surface area contributed by atoms with Crippen LogP contribution in [-0.4, -0.2) is 46.5 Å². The molecule has 1 saturated heterocycles. The molecular formula is C21H16ClF4N3O5. The number of benzene rings is 2. The molecule has 0 amide bonds. The quantitative estimate of drug-likeness (QED) is 0.376. The number of hydrogen-bond donors (Lipinski definition) is 2. The molecule has 13 heteroatoms. The summed E-state index contributed by atoms with van der Waals surface area (Å²) in [6, 6.07) is 5.13. The maximum Gasteiger partial charge on any atom is 0.491 e. The maximum absolute atomic E-state index is 13.6. The van der Waals surface area contributed by atoms with Gasteiger partial charge in [0.1, 0.15) is 29.2 Å². The van der Waals surface area contributed by atoms with Crippen LogP contribution in [0.4, 0.5) is 29.1 Å². The molecule has 0 radical (unpaired) electrons. The minimum absolute atomic E-state index is 0.0715. The van der Waals surface area contributed by atoms with E-state index in [4.69, 9.17) is 21.1 Å². The van der Waals surface area contributed by atoms with E-state index in [-0.39, 0.29) is 45.0 Å². The average molecular weight is 502 g/mol. The van der Waals surface area contributed by atoms with E-state index in [0.717, 1.165) is 12.1 Å². The van der Waals surface area contributed by atoms with Crippen LogP contribution in [0.3, 0.4) is 0 Å². The summed E-state index contributed by atoms with van der Waals surface area (Å²) in [6.45, 7) is 0.934. The highest BCUT2D eigenvalue weighted by Crippen LogP contribution is 2.38. The topological polar surface area (TPSA) is 103 Å². The number of anilines is 2. The van der Waals surface area contributed by atoms with Gasteiger partial charge in [0.15, 0.2) is 0 Å². The summed E-state index contributed by atoms with van der Waals surface area (Å²) in [5, 5.41) is 12.9. The van der Waals surface area contributed by atoms with Crippen LogP contribution >= 0.6 is 11.6 Å². The fourth-order valence-corrected chi connectivity index (χ4v) is 3.43. The average Bonchev–Trinajstić information content (AvgIpc) is 2.76. The predicted molar refractivity (Wildman–Crippen MR) is 112 cm³/mol. The number of alkyl halides is 3. The van der Waals surface area contributed by atoms with Gasteiger partial charge in [-0.25, -0.2) is 9.18 Å². The molecular weight excluding hydrogens is 486 g/mol. The van der Waals surface area contributed by atoms with Crippen molar-refractivity contribution in [1.29, 1.82) is 0 Å². The molecule has 1 aromatic heterocycles. The number of ether oxygens (including phenoxy) is 3. The second-order valence-corrected chi connectivity index (χ2v) is 7.67. The molecule has 0 bridgehead atoms. The molecule has 0 spiro atoms. The Bertz CT molecular complexity index is 1240. The summed E-state index contributed by atoms with van der Waals surface area (Å²) < 4.78 is 67.3. The minimum Gasteiger partial charge on any atom is -0.508 e. The van der Waals surface area contributed by atoms with Gasteiger partial charge in [-0.15, -0.1) is 0 Å². The first-order chi connectivity index (χ1) is 16.1. The molecule has 4 rings (SSSR count). The van der Waals surface area contributed by atoms with Crippen molar-refractivity contribution in [1.82, 2.24) is 9.97 Å². The van der Waals surface area contributed by atoms with E-state index >= 15 is 0 Å². The zero-order chi connectivity index (χ0) is 24.5. The monoisotopic (exact) mass is 501 g/mol. The molecule has 0 unspecified atom stereocenters. The number of phenolic OH excluding ortho intramolecular Hbond substituents is 1. The minimum atomic E-state index is -5.29. The smallest absolute Gasteiger partial charge is 0.491 e. The summed E-state index contributed by atoms with van der Waals surface area (Å²) >= 11 is 5.82. The van der Waals surface area contributed by atoms with Crippen molar-refractivity contribution in [3.8, 4) is 17.5 Å². The first-order valence-corrected chi connectivity index (χ1v) is 10.3. The van der Waals surface area contributed by atoms with Crippen molar-refractivity contribution in [2.45, 2.75) is 25.1 Å². The third kappa shape index (κ3) is 5.39. The molecule has 1 aliphatic rings. The lowest BCUT2D eigenvalue weighted by molar-refractivity contribution is -0.190. The first-order valence-electron chi connectivity index (χ1n) is 9.90. The zero-order valence-corrected chi connectivity index (χ0v) is 17.9. The number of nitrogens with zero attached hydrogens (tertiary/aromatic N) is 2. The lowest BCUT2D eigenvalue weighted by atomic mass is 10.1. The summed E-state index contributed by atoms with van der Waals surface area (Å²) in [5.74, 6) is -3.50. The molecule has 0 atom stereocenters. The largest absolute Gasteiger partial charge is 0.508 e. The molecule has 34 heavy (non-hydrogen) atoms. The van der Waals surface area contributed by atoms with Gasteiger partial charge in [0.25, 0.3) is 0 Å². The van der Waals surface area contributed by atoms with E-state index in [9.17, 15) is 27.5 Å². The number of hydrogen-bond acceptors (Lipinski definition) is 8. The zero-order valence-electron chi connectivity index (χ0n) is 17.2. The summed E-state index contributed by atoms with van der Waals surface area (Å²) in [4.78, 5) is 19.1. The Balaban J connectivity index is 1.82. The number of aromatic nitrogens is 2. The highest BCUT2D eigenvalue weighted by molar-refractivity contribution is 6.31. The van der Waals surface area contributed by atoms with Crippen LogP contribution in [0.2, 0.25) is 5.02 Å². The molecule has 8 nitrogen and oxygen atoms in total. The molecule has 2 aromatic carbocycles. The van der Waals surface area contributed by atoms with E-state index in [1.165, 1.54) is 18.2 Å². The highest BCUT2D eigenvalue weighted by atomic mass is 35.5. The van der Waals surface area contributed by atoms with Crippen LogP contribution in [0, 0.1) is 5.82 Å². The number of halogens is 5. The second-order valence-electron chi connectivity index (χ2n) is 7.26. The molecule has 1 aliphatic heterocycles. The van der Waals surface area contributed by atoms with Crippen molar-refractivity contribution in [3.05, 3.63) is 41.2 Å². The van der Waals surface area contributed by atoms with Gasteiger partial charge < -0.3 is 24.6 Å². The van der Waals surface area contributed by atoms with Gasteiger partial charge in [-0.1, -0.05) is 11.6 Å². The van der Waals surface area contributed by atoms with Gasteiger partial charge in [-0.05, 0) is 18.2 Å².